The van der Waals surface area contributed by atoms with E-state index >= 15 is 0 Å². The van der Waals surface area contributed by atoms with Crippen molar-refractivity contribution in [1.29, 1.82) is 0 Å². The highest BCUT2D eigenvalue weighted by Crippen LogP contribution is 2.21. The highest BCUT2D eigenvalue weighted by molar-refractivity contribution is 5.78. The molecule has 0 aromatic heterocycles. The number of rotatable bonds is 5. The summed E-state index contributed by atoms with van der Waals surface area (Å²) in [5, 5.41) is 0. The molecule has 1 aliphatic heterocycles. The fourth-order valence-corrected chi connectivity index (χ4v) is 2.99. The van der Waals surface area contributed by atoms with Gasteiger partial charge in [0.05, 0.1) is 26.2 Å². The lowest BCUT2D eigenvalue weighted by atomic mass is 9.99. The summed E-state index contributed by atoms with van der Waals surface area (Å²) in [6.07, 6.45) is 1.31. The number of hydrogen-bond acceptors (Lipinski definition) is 3. The van der Waals surface area contributed by atoms with Crippen molar-refractivity contribution < 1.29 is 14.3 Å². The fraction of sp³-hybridized carbons (Fsp3) is 0.350. The number of ether oxygens (including phenoxy) is 2. The van der Waals surface area contributed by atoms with E-state index < -0.39 is 0 Å². The van der Waals surface area contributed by atoms with Crippen LogP contribution in [0.4, 0.5) is 0 Å². The number of fused-ring (bicyclic) bond motifs is 1. The lowest BCUT2D eigenvalue weighted by Crippen LogP contribution is -2.38. The van der Waals surface area contributed by atoms with Gasteiger partial charge in [-0.1, -0.05) is 36.4 Å². The molecule has 1 heterocycles. The van der Waals surface area contributed by atoms with Gasteiger partial charge in [-0.15, -0.1) is 0 Å². The molecule has 4 nitrogen and oxygen atoms in total. The number of carbonyl (C=O) groups is 1. The Labute approximate surface area is 143 Å². The van der Waals surface area contributed by atoms with Crippen LogP contribution in [0.2, 0.25) is 0 Å². The van der Waals surface area contributed by atoms with Crippen LogP contribution in [-0.2, 0) is 29.0 Å². The summed E-state index contributed by atoms with van der Waals surface area (Å²) in [5.41, 5.74) is 3.56. The molecule has 3 rings (SSSR count). The summed E-state index contributed by atoms with van der Waals surface area (Å²) >= 11 is 0. The molecule has 0 spiro atoms. The highest BCUT2D eigenvalue weighted by Gasteiger charge is 2.22. The largest absolute Gasteiger partial charge is 0.497 e. The highest BCUT2D eigenvalue weighted by atomic mass is 16.5. The summed E-state index contributed by atoms with van der Waals surface area (Å²) in [5.74, 6) is 0.899. The van der Waals surface area contributed by atoms with Crippen molar-refractivity contribution in [3.63, 3.8) is 0 Å². The summed E-state index contributed by atoms with van der Waals surface area (Å²) in [6, 6.07) is 15.9. The van der Waals surface area contributed by atoms with Gasteiger partial charge in [0.15, 0.2) is 0 Å². The maximum Gasteiger partial charge on any atom is 0.226 e. The van der Waals surface area contributed by atoms with Crippen LogP contribution < -0.4 is 4.74 Å². The quantitative estimate of drug-likeness (QED) is 0.848. The third kappa shape index (κ3) is 3.95. The number of likely N-dealkylation sites (N-methyl/N-ethyl adjacent to an activating group) is 1. The van der Waals surface area contributed by atoms with Crippen LogP contribution in [-0.4, -0.2) is 37.6 Å². The molecule has 1 atom stereocenters. The number of hydrogen-bond donors (Lipinski definition) is 0. The molecule has 0 saturated carbocycles. The molecule has 2 aromatic carbocycles. The summed E-state index contributed by atoms with van der Waals surface area (Å²) in [4.78, 5) is 14.2. The van der Waals surface area contributed by atoms with Crippen molar-refractivity contribution in [1.82, 2.24) is 4.90 Å². The topological polar surface area (TPSA) is 38.8 Å². The first-order valence-electron chi connectivity index (χ1n) is 8.21. The van der Waals surface area contributed by atoms with E-state index in [4.69, 9.17) is 9.47 Å². The maximum atomic E-state index is 12.4. The summed E-state index contributed by atoms with van der Waals surface area (Å²) < 4.78 is 11.0. The second kappa shape index (κ2) is 7.49. The van der Waals surface area contributed by atoms with E-state index in [-0.39, 0.29) is 12.0 Å². The van der Waals surface area contributed by atoms with Crippen molar-refractivity contribution >= 4 is 5.91 Å². The monoisotopic (exact) mass is 325 g/mol. The molecule has 4 heteroatoms. The van der Waals surface area contributed by atoms with Gasteiger partial charge in [0.25, 0.3) is 0 Å². The zero-order valence-corrected chi connectivity index (χ0v) is 14.2. The van der Waals surface area contributed by atoms with Gasteiger partial charge >= 0.3 is 0 Å². The molecular formula is C20H23NO3. The Kier molecular flexibility index (Phi) is 5.16. The van der Waals surface area contributed by atoms with E-state index in [1.807, 2.05) is 37.4 Å². The molecule has 126 valence electrons. The maximum absolute atomic E-state index is 12.4. The van der Waals surface area contributed by atoms with Crippen molar-refractivity contribution in [3.05, 3.63) is 65.2 Å². The van der Waals surface area contributed by atoms with Gasteiger partial charge in [0.1, 0.15) is 5.75 Å². The lowest BCUT2D eigenvalue weighted by Gasteiger charge is -2.29. The molecule has 24 heavy (non-hydrogen) atoms. The zero-order chi connectivity index (χ0) is 16.9. The number of benzene rings is 2. The van der Waals surface area contributed by atoms with E-state index in [1.165, 1.54) is 11.1 Å². The standard InChI is InChI=1S/C20H23NO3/c1-21(20(22)11-15-7-9-18(23-2)10-8-15)13-19-12-16-5-3-4-6-17(16)14-24-19/h3-10,19H,11-14H2,1-2H3/t19-/m1/s1. The summed E-state index contributed by atoms with van der Waals surface area (Å²) in [7, 11) is 3.48. The van der Waals surface area contributed by atoms with Crippen molar-refractivity contribution in [3.8, 4) is 5.75 Å². The molecule has 0 radical (unpaired) electrons. The third-order valence-corrected chi connectivity index (χ3v) is 4.46. The zero-order valence-electron chi connectivity index (χ0n) is 14.2. The van der Waals surface area contributed by atoms with E-state index in [0.717, 1.165) is 17.7 Å². The Morgan fingerprint density at radius 2 is 1.88 bits per heavy atom. The van der Waals surface area contributed by atoms with E-state index in [0.29, 0.717) is 19.6 Å². The normalized spacial score (nSPS) is 16.3. The second-order valence-electron chi connectivity index (χ2n) is 6.20. The van der Waals surface area contributed by atoms with Crippen molar-refractivity contribution in [2.75, 3.05) is 20.7 Å². The Morgan fingerprint density at radius 3 is 2.58 bits per heavy atom. The first-order chi connectivity index (χ1) is 11.7. The van der Waals surface area contributed by atoms with Crippen LogP contribution >= 0.6 is 0 Å². The van der Waals surface area contributed by atoms with Gasteiger partial charge in [-0.05, 0) is 28.8 Å². The Hall–Kier alpha value is -2.33. The van der Waals surface area contributed by atoms with Gasteiger partial charge < -0.3 is 14.4 Å². The molecule has 0 aliphatic carbocycles. The molecule has 1 aliphatic rings. The van der Waals surface area contributed by atoms with Crippen LogP contribution in [0, 0.1) is 0 Å². The second-order valence-corrected chi connectivity index (χ2v) is 6.20. The minimum Gasteiger partial charge on any atom is -0.497 e. The number of nitrogens with zero attached hydrogens (tertiary/aromatic N) is 1. The molecule has 2 aromatic rings. The van der Waals surface area contributed by atoms with Crippen LogP contribution in [0.1, 0.15) is 16.7 Å². The molecular weight excluding hydrogens is 302 g/mol. The van der Waals surface area contributed by atoms with Crippen molar-refractivity contribution in [2.24, 2.45) is 0 Å². The van der Waals surface area contributed by atoms with Gasteiger partial charge in [-0.25, -0.2) is 0 Å². The Balaban J connectivity index is 1.54. The molecule has 1 amide bonds. The Bertz CT molecular complexity index is 696. The molecule has 0 unspecified atom stereocenters. The fourth-order valence-electron chi connectivity index (χ4n) is 2.99. The SMILES string of the molecule is COc1ccc(CC(=O)N(C)C[C@H]2Cc3ccccc3CO2)cc1. The van der Waals surface area contributed by atoms with Gasteiger partial charge in [-0.3, -0.25) is 4.79 Å². The molecule has 0 fully saturated rings. The van der Waals surface area contributed by atoms with E-state index in [2.05, 4.69) is 18.2 Å². The number of amides is 1. The van der Waals surface area contributed by atoms with E-state index in [1.54, 1.807) is 12.0 Å². The van der Waals surface area contributed by atoms with Crippen LogP contribution in [0.25, 0.3) is 0 Å². The van der Waals surface area contributed by atoms with Crippen LogP contribution in [0.15, 0.2) is 48.5 Å². The van der Waals surface area contributed by atoms with Crippen molar-refractivity contribution in [2.45, 2.75) is 25.6 Å². The molecule has 0 bridgehead atoms. The smallest absolute Gasteiger partial charge is 0.226 e. The minimum atomic E-state index is 0.0599. The lowest BCUT2D eigenvalue weighted by molar-refractivity contribution is -0.131. The first kappa shape index (κ1) is 16.5. The molecule has 0 N–H and O–H groups in total. The first-order valence-corrected chi connectivity index (χ1v) is 8.21. The van der Waals surface area contributed by atoms with Crippen LogP contribution in [0.3, 0.4) is 0 Å². The van der Waals surface area contributed by atoms with Gasteiger partial charge in [0, 0.05) is 20.0 Å². The average molecular weight is 325 g/mol. The average Bonchev–Trinajstić information content (AvgIpc) is 2.62. The number of methoxy groups -OCH3 is 1. The number of carbonyl (C=O) groups excluding carboxylic acids is 1. The van der Waals surface area contributed by atoms with Gasteiger partial charge in [-0.2, -0.15) is 0 Å². The Morgan fingerprint density at radius 1 is 1.17 bits per heavy atom. The predicted octanol–water partition coefficient (Wildman–Crippen LogP) is 2.84. The summed E-state index contributed by atoms with van der Waals surface area (Å²) in [6.45, 7) is 1.24. The van der Waals surface area contributed by atoms with Gasteiger partial charge in [0.2, 0.25) is 5.91 Å². The van der Waals surface area contributed by atoms with Crippen LogP contribution in [0.5, 0.6) is 5.75 Å². The predicted molar refractivity (Wildman–Crippen MR) is 93.1 cm³/mol. The van der Waals surface area contributed by atoms with E-state index in [9.17, 15) is 4.79 Å². The third-order valence-electron chi connectivity index (χ3n) is 4.46. The minimum absolute atomic E-state index is 0.0599. The molecule has 0 saturated heterocycles.